The van der Waals surface area contributed by atoms with E-state index in [0.717, 1.165) is 18.8 Å². The van der Waals surface area contributed by atoms with Crippen LogP contribution in [-0.4, -0.2) is 25.2 Å². The summed E-state index contributed by atoms with van der Waals surface area (Å²) in [7, 11) is 0. The molecule has 0 saturated carbocycles. The molecule has 1 aliphatic rings. The summed E-state index contributed by atoms with van der Waals surface area (Å²) >= 11 is 5.73. The van der Waals surface area contributed by atoms with E-state index in [1.54, 1.807) is 6.07 Å². The second kappa shape index (κ2) is 5.45. The van der Waals surface area contributed by atoms with Gasteiger partial charge in [0.05, 0.1) is 5.02 Å². The molecule has 100 valence electrons. The zero-order chi connectivity index (χ0) is 13.3. The summed E-state index contributed by atoms with van der Waals surface area (Å²) in [5.41, 5.74) is 0.913. The third kappa shape index (κ3) is 2.78. The van der Waals surface area contributed by atoms with Gasteiger partial charge in [0.1, 0.15) is 5.82 Å². The van der Waals surface area contributed by atoms with E-state index in [-0.39, 0.29) is 10.8 Å². The minimum atomic E-state index is -0.346. The molecule has 1 N–H and O–H groups in total. The Morgan fingerprint density at radius 3 is 2.78 bits per heavy atom. The molecule has 18 heavy (non-hydrogen) atoms. The van der Waals surface area contributed by atoms with Crippen LogP contribution in [-0.2, 0) is 0 Å². The predicted molar refractivity (Wildman–Crippen MR) is 74.8 cm³/mol. The van der Waals surface area contributed by atoms with Gasteiger partial charge in [0, 0.05) is 30.9 Å². The lowest BCUT2D eigenvalue weighted by Gasteiger charge is -2.42. The number of benzene rings is 1. The van der Waals surface area contributed by atoms with Gasteiger partial charge in [0.25, 0.3) is 0 Å². The van der Waals surface area contributed by atoms with Crippen molar-refractivity contribution >= 4 is 17.3 Å². The molecule has 2 unspecified atom stereocenters. The molecule has 0 amide bonds. The summed E-state index contributed by atoms with van der Waals surface area (Å²) in [5, 5.41) is 3.71. The van der Waals surface area contributed by atoms with Gasteiger partial charge in [-0.25, -0.2) is 4.39 Å². The lowest BCUT2D eigenvalue weighted by atomic mass is 9.99. The molecule has 0 aliphatic carbocycles. The number of piperazine rings is 1. The summed E-state index contributed by atoms with van der Waals surface area (Å²) in [5.74, 6) is 0.221. The number of hydrogen-bond acceptors (Lipinski definition) is 2. The Hall–Kier alpha value is -0.800. The van der Waals surface area contributed by atoms with Crippen molar-refractivity contribution in [2.24, 2.45) is 5.92 Å². The van der Waals surface area contributed by atoms with Gasteiger partial charge in [-0.3, -0.25) is 0 Å². The van der Waals surface area contributed by atoms with Crippen molar-refractivity contribution in [1.29, 1.82) is 0 Å². The highest BCUT2D eigenvalue weighted by atomic mass is 35.5. The van der Waals surface area contributed by atoms with Crippen LogP contribution in [0.4, 0.5) is 10.1 Å². The molecule has 2 rings (SSSR count). The van der Waals surface area contributed by atoms with Crippen molar-refractivity contribution < 1.29 is 4.39 Å². The summed E-state index contributed by atoms with van der Waals surface area (Å²) in [6.07, 6.45) is 0. The molecule has 0 bridgehead atoms. The van der Waals surface area contributed by atoms with Gasteiger partial charge < -0.3 is 10.2 Å². The van der Waals surface area contributed by atoms with Crippen molar-refractivity contribution in [2.45, 2.75) is 32.9 Å². The second-order valence-corrected chi connectivity index (χ2v) is 5.77. The maximum atomic E-state index is 13.5. The number of nitrogens with one attached hydrogen (secondary N) is 1. The molecule has 2 nitrogen and oxygen atoms in total. The van der Waals surface area contributed by atoms with Crippen LogP contribution in [0.15, 0.2) is 18.2 Å². The Morgan fingerprint density at radius 1 is 1.44 bits per heavy atom. The molecule has 1 aromatic carbocycles. The first-order chi connectivity index (χ1) is 8.49. The van der Waals surface area contributed by atoms with E-state index in [9.17, 15) is 4.39 Å². The minimum absolute atomic E-state index is 0.182. The molecule has 4 heteroatoms. The smallest absolute Gasteiger partial charge is 0.143 e. The number of nitrogens with zero attached hydrogens (tertiary/aromatic N) is 1. The Bertz CT molecular complexity index is 422. The van der Waals surface area contributed by atoms with E-state index in [1.165, 1.54) is 6.07 Å². The lowest BCUT2D eigenvalue weighted by Crippen LogP contribution is -2.57. The molecule has 2 atom stereocenters. The highest BCUT2D eigenvalue weighted by Gasteiger charge is 2.27. The fourth-order valence-electron chi connectivity index (χ4n) is 2.36. The highest BCUT2D eigenvalue weighted by Crippen LogP contribution is 2.25. The van der Waals surface area contributed by atoms with Gasteiger partial charge >= 0.3 is 0 Å². The lowest BCUT2D eigenvalue weighted by molar-refractivity contribution is 0.337. The molecular weight excluding hydrogens is 251 g/mol. The number of anilines is 1. The third-order valence-corrected chi connectivity index (χ3v) is 3.95. The maximum Gasteiger partial charge on any atom is 0.143 e. The zero-order valence-corrected chi connectivity index (χ0v) is 11.8. The average molecular weight is 271 g/mol. The fourth-order valence-corrected chi connectivity index (χ4v) is 2.48. The van der Waals surface area contributed by atoms with Gasteiger partial charge in [0.2, 0.25) is 0 Å². The summed E-state index contributed by atoms with van der Waals surface area (Å²) in [4.78, 5) is 2.25. The summed E-state index contributed by atoms with van der Waals surface area (Å²) in [6, 6.07) is 5.86. The first-order valence-corrected chi connectivity index (χ1v) is 6.82. The standard InChI is InChI=1S/C14H20ClFN2/c1-9(2)14-8-18(10(3)7-17-14)11-4-5-12(15)13(16)6-11/h4-6,9-10,14,17H,7-8H2,1-3H3. The zero-order valence-electron chi connectivity index (χ0n) is 11.1. The van der Waals surface area contributed by atoms with Crippen molar-refractivity contribution in [3.63, 3.8) is 0 Å². The topological polar surface area (TPSA) is 15.3 Å². The van der Waals surface area contributed by atoms with Crippen LogP contribution in [0.3, 0.4) is 0 Å². The first kappa shape index (κ1) is 13.6. The quantitative estimate of drug-likeness (QED) is 0.887. The Morgan fingerprint density at radius 2 is 2.17 bits per heavy atom. The average Bonchev–Trinajstić information content (AvgIpc) is 2.33. The van der Waals surface area contributed by atoms with Crippen LogP contribution < -0.4 is 10.2 Å². The first-order valence-electron chi connectivity index (χ1n) is 6.44. The maximum absolute atomic E-state index is 13.5. The molecule has 1 heterocycles. The second-order valence-electron chi connectivity index (χ2n) is 5.36. The predicted octanol–water partition coefficient (Wildman–Crippen LogP) is 3.30. The van der Waals surface area contributed by atoms with E-state index in [0.29, 0.717) is 18.0 Å². The largest absolute Gasteiger partial charge is 0.366 e. The van der Waals surface area contributed by atoms with Gasteiger partial charge in [0.15, 0.2) is 0 Å². The van der Waals surface area contributed by atoms with Crippen LogP contribution in [0.1, 0.15) is 20.8 Å². The Labute approximate surface area is 113 Å². The molecule has 1 fully saturated rings. The van der Waals surface area contributed by atoms with Crippen LogP contribution in [0.2, 0.25) is 5.02 Å². The van der Waals surface area contributed by atoms with E-state index < -0.39 is 0 Å². The molecule has 0 radical (unpaired) electrons. The minimum Gasteiger partial charge on any atom is -0.366 e. The number of halogens is 2. The summed E-state index contributed by atoms with van der Waals surface area (Å²) in [6.45, 7) is 8.38. The Kier molecular flexibility index (Phi) is 4.13. The monoisotopic (exact) mass is 270 g/mol. The SMILES string of the molecule is CC(C)C1CN(c2ccc(Cl)c(F)c2)C(C)CN1. The normalized spacial score (nSPS) is 24.7. The molecule has 1 aliphatic heterocycles. The van der Waals surface area contributed by atoms with Gasteiger partial charge in [-0.15, -0.1) is 0 Å². The van der Waals surface area contributed by atoms with E-state index in [2.05, 4.69) is 31.0 Å². The van der Waals surface area contributed by atoms with Gasteiger partial charge in [-0.2, -0.15) is 0 Å². The number of hydrogen-bond donors (Lipinski definition) is 1. The van der Waals surface area contributed by atoms with Crippen LogP contribution in [0, 0.1) is 11.7 Å². The van der Waals surface area contributed by atoms with Crippen molar-refractivity contribution in [2.75, 3.05) is 18.0 Å². The van der Waals surface area contributed by atoms with E-state index >= 15 is 0 Å². The fraction of sp³-hybridized carbons (Fsp3) is 0.571. The van der Waals surface area contributed by atoms with Crippen LogP contribution in [0.5, 0.6) is 0 Å². The molecule has 1 saturated heterocycles. The van der Waals surface area contributed by atoms with Gasteiger partial charge in [-0.05, 0) is 31.0 Å². The Balaban J connectivity index is 2.21. The van der Waals surface area contributed by atoms with Crippen molar-refractivity contribution in [3.05, 3.63) is 29.0 Å². The van der Waals surface area contributed by atoms with Crippen LogP contribution in [0.25, 0.3) is 0 Å². The van der Waals surface area contributed by atoms with E-state index in [4.69, 9.17) is 11.6 Å². The highest BCUT2D eigenvalue weighted by molar-refractivity contribution is 6.30. The van der Waals surface area contributed by atoms with Crippen LogP contribution >= 0.6 is 11.6 Å². The number of rotatable bonds is 2. The molecule has 1 aromatic rings. The van der Waals surface area contributed by atoms with Crippen molar-refractivity contribution in [3.8, 4) is 0 Å². The summed E-state index contributed by atoms with van der Waals surface area (Å²) < 4.78 is 13.5. The third-order valence-electron chi connectivity index (χ3n) is 3.64. The van der Waals surface area contributed by atoms with Crippen molar-refractivity contribution in [1.82, 2.24) is 5.32 Å². The molecule has 0 spiro atoms. The van der Waals surface area contributed by atoms with E-state index in [1.807, 2.05) is 6.07 Å². The molecule has 0 aromatic heterocycles. The molecular formula is C14H20ClFN2. The van der Waals surface area contributed by atoms with Gasteiger partial charge in [-0.1, -0.05) is 25.4 Å².